The third-order valence-corrected chi connectivity index (χ3v) is 4.66. The molecule has 0 aliphatic heterocycles. The summed E-state index contributed by atoms with van der Waals surface area (Å²) in [5, 5.41) is 12.8. The van der Waals surface area contributed by atoms with Gasteiger partial charge < -0.3 is 10.4 Å². The molecule has 126 valence electrons. The molecule has 0 radical (unpaired) electrons. The van der Waals surface area contributed by atoms with Crippen molar-refractivity contribution in [3.8, 4) is 0 Å². The lowest BCUT2D eigenvalue weighted by atomic mass is 9.76. The van der Waals surface area contributed by atoms with E-state index in [9.17, 15) is 14.3 Å². The van der Waals surface area contributed by atoms with Gasteiger partial charge in [0.15, 0.2) is 0 Å². The number of aliphatic hydroxyl groups excluding tert-OH is 1. The van der Waals surface area contributed by atoms with Crippen LogP contribution in [0.1, 0.15) is 30.1 Å². The van der Waals surface area contributed by atoms with E-state index in [0.717, 1.165) is 5.69 Å². The Bertz CT molecular complexity index is 720. The van der Waals surface area contributed by atoms with Gasteiger partial charge in [0.1, 0.15) is 5.82 Å². The second-order valence-electron chi connectivity index (χ2n) is 6.10. The number of benzene rings is 1. The summed E-state index contributed by atoms with van der Waals surface area (Å²) >= 11 is 5.98. The van der Waals surface area contributed by atoms with Gasteiger partial charge in [0, 0.05) is 11.2 Å². The molecule has 6 heteroatoms. The molecular formula is C18H18ClFN2O2. The predicted molar refractivity (Wildman–Crippen MR) is 89.0 cm³/mol. The highest BCUT2D eigenvalue weighted by Crippen LogP contribution is 2.37. The third-order valence-electron chi connectivity index (χ3n) is 4.31. The first-order chi connectivity index (χ1) is 11.5. The van der Waals surface area contributed by atoms with Crippen LogP contribution < -0.4 is 5.32 Å². The van der Waals surface area contributed by atoms with Gasteiger partial charge in [0.25, 0.3) is 0 Å². The summed E-state index contributed by atoms with van der Waals surface area (Å²) in [6.45, 7) is 0. The van der Waals surface area contributed by atoms with Gasteiger partial charge in [-0.1, -0.05) is 23.7 Å². The molecule has 1 unspecified atom stereocenters. The summed E-state index contributed by atoms with van der Waals surface area (Å²) in [6.07, 6.45) is 2.71. The summed E-state index contributed by atoms with van der Waals surface area (Å²) in [6, 6.07) is 9.29. The lowest BCUT2D eigenvalue weighted by molar-refractivity contribution is -0.122. The fourth-order valence-corrected chi connectivity index (χ4v) is 3.19. The van der Waals surface area contributed by atoms with E-state index in [1.807, 2.05) is 18.2 Å². The van der Waals surface area contributed by atoms with Gasteiger partial charge in [-0.3, -0.25) is 9.78 Å². The first kappa shape index (κ1) is 16.9. The number of carbonyl (C=O) groups is 1. The minimum Gasteiger partial charge on any atom is -0.393 e. The molecular weight excluding hydrogens is 331 g/mol. The van der Waals surface area contributed by atoms with Crippen LogP contribution in [0.15, 0.2) is 42.6 Å². The number of halogens is 2. The highest BCUT2D eigenvalue weighted by Gasteiger charge is 2.36. The Kier molecular flexibility index (Phi) is 5.11. The van der Waals surface area contributed by atoms with Crippen LogP contribution in [0.3, 0.4) is 0 Å². The molecule has 3 rings (SSSR count). The lowest BCUT2D eigenvalue weighted by Gasteiger charge is -2.37. The number of nitrogens with zero attached hydrogens (tertiary/aromatic N) is 1. The number of pyridine rings is 1. The van der Waals surface area contributed by atoms with Gasteiger partial charge in [0.2, 0.25) is 5.91 Å². The Labute approximate surface area is 144 Å². The zero-order chi connectivity index (χ0) is 17.1. The fourth-order valence-electron chi connectivity index (χ4n) is 2.96. The monoisotopic (exact) mass is 348 g/mol. The summed E-state index contributed by atoms with van der Waals surface area (Å²) < 4.78 is 13.1. The Morgan fingerprint density at radius 1 is 1.38 bits per heavy atom. The molecule has 1 aromatic heterocycles. The Morgan fingerprint density at radius 2 is 2.17 bits per heavy atom. The molecule has 1 aliphatic carbocycles. The lowest BCUT2D eigenvalue weighted by Crippen LogP contribution is -2.42. The number of rotatable bonds is 5. The van der Waals surface area contributed by atoms with Crippen LogP contribution in [0.2, 0.25) is 5.02 Å². The van der Waals surface area contributed by atoms with E-state index < -0.39 is 5.82 Å². The topological polar surface area (TPSA) is 62.2 Å². The zero-order valence-electron chi connectivity index (χ0n) is 13.0. The first-order valence-electron chi connectivity index (χ1n) is 7.85. The molecule has 1 aromatic carbocycles. The average Bonchev–Trinajstić information content (AvgIpc) is 2.53. The SMILES string of the molecule is O=C(Cc1ccc(F)cc1Cl)NC(c1ccccn1)C1CC(O)C1. The van der Waals surface area contributed by atoms with Crippen molar-refractivity contribution < 1.29 is 14.3 Å². The van der Waals surface area contributed by atoms with Crippen LogP contribution in [0.4, 0.5) is 4.39 Å². The standard InChI is InChI=1S/C18H18ClFN2O2/c19-15-10-13(20)5-4-11(15)9-17(24)22-18(12-7-14(23)8-12)16-3-1-2-6-21-16/h1-6,10,12,14,18,23H,7-9H2,(H,22,24). The van der Waals surface area contributed by atoms with E-state index in [0.29, 0.717) is 18.4 Å². The zero-order valence-corrected chi connectivity index (χ0v) is 13.7. The predicted octanol–water partition coefficient (Wildman–Crippen LogP) is 3.05. The van der Waals surface area contributed by atoms with Gasteiger partial charge >= 0.3 is 0 Å². The Hall–Kier alpha value is -1.98. The molecule has 1 atom stereocenters. The molecule has 1 fully saturated rings. The van der Waals surface area contributed by atoms with Crippen molar-refractivity contribution in [3.05, 3.63) is 64.7 Å². The second kappa shape index (κ2) is 7.28. The number of hydrogen-bond donors (Lipinski definition) is 2. The number of amides is 1. The van der Waals surface area contributed by atoms with Gasteiger partial charge in [-0.2, -0.15) is 0 Å². The summed E-state index contributed by atoms with van der Waals surface area (Å²) in [4.78, 5) is 16.7. The van der Waals surface area contributed by atoms with Gasteiger partial charge in [0.05, 0.1) is 24.3 Å². The van der Waals surface area contributed by atoms with E-state index >= 15 is 0 Å². The van der Waals surface area contributed by atoms with Crippen LogP contribution in [-0.2, 0) is 11.2 Å². The number of carbonyl (C=O) groups excluding carboxylic acids is 1. The van der Waals surface area contributed by atoms with Crippen LogP contribution in [-0.4, -0.2) is 22.1 Å². The van der Waals surface area contributed by atoms with Gasteiger partial charge in [-0.25, -0.2) is 4.39 Å². The molecule has 1 heterocycles. The third kappa shape index (κ3) is 3.91. The molecule has 0 bridgehead atoms. The summed E-state index contributed by atoms with van der Waals surface area (Å²) in [5.41, 5.74) is 1.34. The maximum atomic E-state index is 13.1. The number of aliphatic hydroxyl groups is 1. The fraction of sp³-hybridized carbons (Fsp3) is 0.333. The largest absolute Gasteiger partial charge is 0.393 e. The second-order valence-corrected chi connectivity index (χ2v) is 6.50. The number of hydrogen-bond acceptors (Lipinski definition) is 3. The Morgan fingerprint density at radius 3 is 2.79 bits per heavy atom. The minimum absolute atomic E-state index is 0.0672. The van der Waals surface area contributed by atoms with Crippen LogP contribution in [0, 0.1) is 11.7 Å². The van der Waals surface area contributed by atoms with E-state index in [1.165, 1.54) is 18.2 Å². The van der Waals surface area contributed by atoms with E-state index in [1.54, 1.807) is 6.20 Å². The maximum absolute atomic E-state index is 13.1. The van der Waals surface area contributed by atoms with Crippen molar-refractivity contribution in [2.75, 3.05) is 0 Å². The summed E-state index contributed by atoms with van der Waals surface area (Å²) in [5.74, 6) is -0.484. The highest BCUT2D eigenvalue weighted by molar-refractivity contribution is 6.31. The molecule has 24 heavy (non-hydrogen) atoms. The van der Waals surface area contributed by atoms with Crippen molar-refractivity contribution in [1.29, 1.82) is 0 Å². The van der Waals surface area contributed by atoms with Gasteiger partial charge in [-0.05, 0) is 48.6 Å². The molecule has 1 amide bonds. The molecule has 1 aliphatic rings. The molecule has 2 aromatic rings. The molecule has 0 saturated heterocycles. The van der Waals surface area contributed by atoms with Crippen molar-refractivity contribution >= 4 is 17.5 Å². The van der Waals surface area contributed by atoms with Gasteiger partial charge in [-0.15, -0.1) is 0 Å². The summed E-state index contributed by atoms with van der Waals surface area (Å²) in [7, 11) is 0. The number of aromatic nitrogens is 1. The maximum Gasteiger partial charge on any atom is 0.225 e. The van der Waals surface area contributed by atoms with Crippen LogP contribution in [0.25, 0.3) is 0 Å². The minimum atomic E-state index is -0.432. The highest BCUT2D eigenvalue weighted by atomic mass is 35.5. The van der Waals surface area contributed by atoms with Crippen molar-refractivity contribution in [1.82, 2.24) is 10.3 Å². The Balaban J connectivity index is 1.71. The first-order valence-corrected chi connectivity index (χ1v) is 8.23. The quantitative estimate of drug-likeness (QED) is 0.873. The van der Waals surface area contributed by atoms with E-state index in [4.69, 9.17) is 11.6 Å². The molecule has 4 nitrogen and oxygen atoms in total. The molecule has 1 saturated carbocycles. The van der Waals surface area contributed by atoms with Crippen molar-refractivity contribution in [2.45, 2.75) is 31.4 Å². The molecule has 0 spiro atoms. The molecule has 2 N–H and O–H groups in total. The van der Waals surface area contributed by atoms with E-state index in [-0.39, 0.29) is 35.4 Å². The van der Waals surface area contributed by atoms with Crippen LogP contribution in [0.5, 0.6) is 0 Å². The smallest absolute Gasteiger partial charge is 0.225 e. The normalized spacial score (nSPS) is 21.0. The van der Waals surface area contributed by atoms with Crippen molar-refractivity contribution in [3.63, 3.8) is 0 Å². The van der Waals surface area contributed by atoms with Crippen LogP contribution >= 0.6 is 11.6 Å². The van der Waals surface area contributed by atoms with Crippen molar-refractivity contribution in [2.24, 2.45) is 5.92 Å². The van der Waals surface area contributed by atoms with E-state index in [2.05, 4.69) is 10.3 Å². The average molecular weight is 349 g/mol. The number of nitrogens with one attached hydrogen (secondary N) is 1.